The van der Waals surface area contributed by atoms with E-state index in [9.17, 15) is 0 Å². The van der Waals surface area contributed by atoms with E-state index in [4.69, 9.17) is 4.42 Å². The van der Waals surface area contributed by atoms with Crippen molar-refractivity contribution in [3.05, 3.63) is 224 Å². The Morgan fingerprint density at radius 1 is 0.219 bits per heavy atom. The summed E-state index contributed by atoms with van der Waals surface area (Å²) in [6.07, 6.45) is 0. The Kier molecular flexibility index (Phi) is 7.36. The molecule has 0 saturated carbocycles. The average Bonchev–Trinajstić information content (AvgIpc) is 4.10. The monoisotopic (exact) mass is 815 g/mol. The maximum atomic E-state index is 6.16. The molecule has 0 aliphatic heterocycles. The lowest BCUT2D eigenvalue weighted by molar-refractivity contribution is 0.669. The number of furan rings is 1. The van der Waals surface area contributed by atoms with E-state index in [1.165, 1.54) is 65.5 Å². The molecule has 14 aromatic rings. The highest BCUT2D eigenvalue weighted by Gasteiger charge is 2.19. The van der Waals surface area contributed by atoms with Crippen molar-refractivity contribution in [2.75, 3.05) is 0 Å². The second-order valence-electron chi connectivity index (χ2n) is 16.9. The molecular formula is C60H37N3O. The third-order valence-corrected chi connectivity index (χ3v) is 13.4. The Labute approximate surface area is 367 Å². The van der Waals surface area contributed by atoms with Crippen LogP contribution in [0.25, 0.3) is 127 Å². The summed E-state index contributed by atoms with van der Waals surface area (Å²) in [7, 11) is 0. The van der Waals surface area contributed by atoms with Crippen LogP contribution >= 0.6 is 0 Å². The number of fused-ring (bicyclic) bond motifs is 12. The average molecular weight is 816 g/mol. The molecule has 298 valence electrons. The number of rotatable bonds is 5. The summed E-state index contributed by atoms with van der Waals surface area (Å²) < 4.78 is 13.4. The van der Waals surface area contributed by atoms with E-state index in [-0.39, 0.29) is 0 Å². The fraction of sp³-hybridized carbons (Fsp3) is 0. The second kappa shape index (κ2) is 13.4. The van der Waals surface area contributed by atoms with Crippen LogP contribution in [0.3, 0.4) is 0 Å². The molecule has 0 bridgehead atoms. The number of hydrogen-bond acceptors (Lipinski definition) is 1. The maximum absolute atomic E-state index is 6.16. The van der Waals surface area contributed by atoms with Gasteiger partial charge in [-0.05, 0) is 119 Å². The van der Waals surface area contributed by atoms with Gasteiger partial charge >= 0.3 is 0 Å². The molecule has 0 unspecified atom stereocenters. The molecular weight excluding hydrogens is 779 g/mol. The quantitative estimate of drug-likeness (QED) is 0.170. The molecule has 4 heteroatoms. The fourth-order valence-electron chi connectivity index (χ4n) is 10.6. The highest BCUT2D eigenvalue weighted by Crippen LogP contribution is 2.41. The predicted octanol–water partition coefficient (Wildman–Crippen LogP) is 16.2. The van der Waals surface area contributed by atoms with E-state index in [1.807, 2.05) is 12.1 Å². The van der Waals surface area contributed by atoms with Crippen molar-refractivity contribution in [3.63, 3.8) is 0 Å². The van der Waals surface area contributed by atoms with E-state index in [2.05, 4.69) is 226 Å². The van der Waals surface area contributed by atoms with Crippen LogP contribution in [0.5, 0.6) is 0 Å². The van der Waals surface area contributed by atoms with Crippen LogP contribution in [-0.4, -0.2) is 13.7 Å². The van der Waals surface area contributed by atoms with Crippen LogP contribution in [0.2, 0.25) is 0 Å². The minimum absolute atomic E-state index is 0.907. The van der Waals surface area contributed by atoms with E-state index >= 15 is 0 Å². The van der Waals surface area contributed by atoms with Gasteiger partial charge in [0.1, 0.15) is 11.2 Å². The van der Waals surface area contributed by atoms with Gasteiger partial charge in [0.15, 0.2) is 0 Å². The predicted molar refractivity (Wildman–Crippen MR) is 268 cm³/mol. The first-order valence-corrected chi connectivity index (χ1v) is 21.9. The molecule has 0 amide bonds. The van der Waals surface area contributed by atoms with Crippen molar-refractivity contribution < 1.29 is 4.42 Å². The van der Waals surface area contributed by atoms with Gasteiger partial charge < -0.3 is 18.1 Å². The molecule has 0 aliphatic carbocycles. The third-order valence-electron chi connectivity index (χ3n) is 13.4. The molecule has 4 aromatic heterocycles. The summed E-state index contributed by atoms with van der Waals surface area (Å²) in [5, 5.41) is 9.69. The third kappa shape index (κ3) is 5.11. The van der Waals surface area contributed by atoms with Crippen molar-refractivity contribution in [1.29, 1.82) is 0 Å². The molecule has 4 nitrogen and oxygen atoms in total. The zero-order valence-electron chi connectivity index (χ0n) is 34.6. The van der Waals surface area contributed by atoms with Gasteiger partial charge in [-0.25, -0.2) is 0 Å². The van der Waals surface area contributed by atoms with Crippen molar-refractivity contribution in [1.82, 2.24) is 13.7 Å². The molecule has 0 saturated heterocycles. The summed E-state index contributed by atoms with van der Waals surface area (Å²) in [4.78, 5) is 0. The smallest absolute Gasteiger partial charge is 0.135 e. The van der Waals surface area contributed by atoms with Gasteiger partial charge in [-0.1, -0.05) is 127 Å². The van der Waals surface area contributed by atoms with Crippen molar-refractivity contribution in [2.24, 2.45) is 0 Å². The number of nitrogens with zero attached hydrogens (tertiary/aromatic N) is 3. The summed E-state index contributed by atoms with van der Waals surface area (Å²) in [5.41, 5.74) is 17.0. The van der Waals surface area contributed by atoms with Crippen molar-refractivity contribution >= 4 is 87.4 Å². The van der Waals surface area contributed by atoms with Crippen LogP contribution in [0.15, 0.2) is 229 Å². The topological polar surface area (TPSA) is 27.9 Å². The lowest BCUT2D eigenvalue weighted by Crippen LogP contribution is -1.96. The lowest BCUT2D eigenvalue weighted by Gasteiger charge is -2.13. The van der Waals surface area contributed by atoms with Gasteiger partial charge in [-0.2, -0.15) is 0 Å². The zero-order chi connectivity index (χ0) is 41.9. The minimum atomic E-state index is 0.907. The Morgan fingerprint density at radius 3 is 1.14 bits per heavy atom. The molecule has 4 heterocycles. The molecule has 0 atom stereocenters. The van der Waals surface area contributed by atoms with Crippen LogP contribution in [0, 0.1) is 0 Å². The normalized spacial score (nSPS) is 12.1. The summed E-state index contributed by atoms with van der Waals surface area (Å²) in [6.45, 7) is 0. The van der Waals surface area contributed by atoms with Crippen LogP contribution in [0.1, 0.15) is 0 Å². The summed E-state index contributed by atoms with van der Waals surface area (Å²) >= 11 is 0. The molecule has 10 aromatic carbocycles. The number of aromatic nitrogens is 3. The second-order valence-corrected chi connectivity index (χ2v) is 16.9. The van der Waals surface area contributed by atoms with Crippen molar-refractivity contribution in [3.8, 4) is 39.3 Å². The molecule has 0 radical (unpaired) electrons. The zero-order valence-corrected chi connectivity index (χ0v) is 34.6. The number of hydrogen-bond donors (Lipinski definition) is 0. The fourth-order valence-corrected chi connectivity index (χ4v) is 10.6. The molecule has 64 heavy (non-hydrogen) atoms. The Hall–Kier alpha value is -8.60. The van der Waals surface area contributed by atoms with E-state index in [0.29, 0.717) is 0 Å². The Morgan fingerprint density at radius 2 is 0.609 bits per heavy atom. The van der Waals surface area contributed by atoms with Gasteiger partial charge in [0.2, 0.25) is 0 Å². The van der Waals surface area contributed by atoms with Gasteiger partial charge in [0, 0.05) is 60.2 Å². The number of benzene rings is 10. The lowest BCUT2D eigenvalue weighted by atomic mass is 9.97. The first-order chi connectivity index (χ1) is 31.7. The molecule has 0 N–H and O–H groups in total. The largest absolute Gasteiger partial charge is 0.456 e. The Balaban J connectivity index is 0.969. The highest BCUT2D eigenvalue weighted by atomic mass is 16.3. The maximum Gasteiger partial charge on any atom is 0.135 e. The standard InChI is InChI=1S/C60H37N3O/c1-6-22-53-45(17-1)46-18-2-7-23-54(46)62(53)43-28-30-57-50(36-43)51-37-44(63-55-24-8-3-19-47(55)48-20-4-9-25-56(48)63)29-31-58(51)61(57)42-16-12-15-40(34-42)38-13-11-14-39(33-38)41-27-32-60-52(35-41)49-21-5-10-26-59(49)64-60/h1-37H. The minimum Gasteiger partial charge on any atom is -0.456 e. The molecule has 0 spiro atoms. The summed E-state index contributed by atoms with van der Waals surface area (Å²) in [5.74, 6) is 0. The Bertz CT molecular complexity index is 3930. The number of para-hydroxylation sites is 5. The first kappa shape index (κ1) is 35.0. The molecule has 0 aliphatic rings. The summed E-state index contributed by atoms with van der Waals surface area (Å²) in [6, 6.07) is 81.7. The van der Waals surface area contributed by atoms with Crippen LogP contribution in [0.4, 0.5) is 0 Å². The van der Waals surface area contributed by atoms with Crippen molar-refractivity contribution in [2.45, 2.75) is 0 Å². The van der Waals surface area contributed by atoms with Gasteiger partial charge in [0.25, 0.3) is 0 Å². The van der Waals surface area contributed by atoms with E-state index < -0.39 is 0 Å². The highest BCUT2D eigenvalue weighted by molar-refractivity contribution is 6.14. The van der Waals surface area contributed by atoms with E-state index in [0.717, 1.165) is 61.2 Å². The van der Waals surface area contributed by atoms with Crippen LogP contribution in [-0.2, 0) is 0 Å². The molecule has 14 rings (SSSR count). The first-order valence-electron chi connectivity index (χ1n) is 21.9. The van der Waals surface area contributed by atoms with Gasteiger partial charge in [0.05, 0.1) is 33.1 Å². The van der Waals surface area contributed by atoms with Gasteiger partial charge in [-0.3, -0.25) is 0 Å². The van der Waals surface area contributed by atoms with Crippen LogP contribution < -0.4 is 0 Å². The molecule has 0 fully saturated rings. The SMILES string of the molecule is c1cc(-c2cccc(-n3c4ccc(-n5c6ccccc6c6ccccc65)cc4c4cc(-n5c6ccccc6c6ccccc65)ccc43)c2)cc(-c2ccc3oc4ccccc4c3c2)c1. The van der Waals surface area contributed by atoms with Gasteiger partial charge in [-0.15, -0.1) is 0 Å². The van der Waals surface area contributed by atoms with E-state index in [1.54, 1.807) is 0 Å².